The largest absolute Gasteiger partial charge is 0.348 e. The van der Waals surface area contributed by atoms with Crippen LogP contribution in [0.1, 0.15) is 24.1 Å². The predicted octanol–water partition coefficient (Wildman–Crippen LogP) is 4.18. The van der Waals surface area contributed by atoms with Crippen molar-refractivity contribution in [2.24, 2.45) is 0 Å². The Kier molecular flexibility index (Phi) is 7.90. The topological polar surface area (TPSA) is 75.3 Å². The van der Waals surface area contributed by atoms with Crippen LogP contribution in [0.15, 0.2) is 94.7 Å². The van der Waals surface area contributed by atoms with Gasteiger partial charge in [0, 0.05) is 4.90 Å². The summed E-state index contributed by atoms with van der Waals surface area (Å²) in [6.07, 6.45) is 2.25. The molecule has 5 nitrogen and oxygen atoms in total. The maximum Gasteiger partial charge on any atom is 0.241 e. The second-order valence-electron chi connectivity index (χ2n) is 7.18. The van der Waals surface area contributed by atoms with Gasteiger partial charge >= 0.3 is 0 Å². The summed E-state index contributed by atoms with van der Waals surface area (Å²) in [6.45, 7) is 1.89. The van der Waals surface area contributed by atoms with Crippen LogP contribution < -0.4 is 10.0 Å². The Balaban J connectivity index is 1.80. The third-order valence-corrected chi connectivity index (χ3v) is 7.16. The van der Waals surface area contributed by atoms with Gasteiger partial charge in [-0.05, 0) is 55.0 Å². The van der Waals surface area contributed by atoms with Crippen molar-refractivity contribution in [2.75, 3.05) is 6.26 Å². The number of sulfonamides is 1. The van der Waals surface area contributed by atoms with Crippen molar-refractivity contribution in [1.82, 2.24) is 10.0 Å². The van der Waals surface area contributed by atoms with Crippen molar-refractivity contribution in [3.8, 4) is 0 Å². The Labute approximate surface area is 188 Å². The van der Waals surface area contributed by atoms with E-state index in [2.05, 4.69) is 10.0 Å². The van der Waals surface area contributed by atoms with Crippen molar-refractivity contribution in [1.29, 1.82) is 0 Å². The third-order valence-electron chi connectivity index (χ3n) is 4.92. The molecule has 0 heterocycles. The molecule has 0 saturated carbocycles. The van der Waals surface area contributed by atoms with Gasteiger partial charge in [-0.3, -0.25) is 4.79 Å². The molecule has 0 aliphatic heterocycles. The molecule has 162 valence electrons. The molecule has 31 heavy (non-hydrogen) atoms. The number of thioether (sulfide) groups is 1. The second-order valence-corrected chi connectivity index (χ2v) is 9.77. The average molecular weight is 455 g/mol. The molecule has 0 aliphatic rings. The lowest BCUT2D eigenvalue weighted by Gasteiger charge is -2.22. The highest BCUT2D eigenvalue weighted by Gasteiger charge is 2.27. The maximum absolute atomic E-state index is 13.1. The first-order chi connectivity index (χ1) is 14.9. The Hall–Kier alpha value is -2.61. The summed E-state index contributed by atoms with van der Waals surface area (Å²) >= 11 is 1.65. The number of hydrogen-bond donors (Lipinski definition) is 2. The number of carbonyl (C=O) groups is 1. The first-order valence-corrected chi connectivity index (χ1v) is 12.7. The van der Waals surface area contributed by atoms with E-state index in [4.69, 9.17) is 0 Å². The van der Waals surface area contributed by atoms with E-state index in [-0.39, 0.29) is 23.3 Å². The van der Waals surface area contributed by atoms with E-state index in [1.54, 1.807) is 30.0 Å². The normalized spacial score (nSPS) is 13.4. The summed E-state index contributed by atoms with van der Waals surface area (Å²) in [5.41, 5.74) is 1.82. The van der Waals surface area contributed by atoms with Gasteiger partial charge in [-0.1, -0.05) is 60.7 Å². The van der Waals surface area contributed by atoms with Crippen molar-refractivity contribution >= 4 is 27.7 Å². The molecule has 0 aliphatic carbocycles. The van der Waals surface area contributed by atoms with Crippen LogP contribution in [-0.4, -0.2) is 26.6 Å². The molecule has 7 heteroatoms. The van der Waals surface area contributed by atoms with Crippen molar-refractivity contribution in [2.45, 2.75) is 35.2 Å². The highest BCUT2D eigenvalue weighted by Crippen LogP contribution is 2.19. The summed E-state index contributed by atoms with van der Waals surface area (Å²) in [6, 6.07) is 24.2. The van der Waals surface area contributed by atoms with Gasteiger partial charge < -0.3 is 5.32 Å². The van der Waals surface area contributed by atoms with E-state index in [9.17, 15) is 13.2 Å². The molecule has 0 bridgehead atoms. The Morgan fingerprint density at radius 2 is 1.48 bits per heavy atom. The maximum atomic E-state index is 13.1. The van der Waals surface area contributed by atoms with Gasteiger partial charge in [0.15, 0.2) is 0 Å². The summed E-state index contributed by atoms with van der Waals surface area (Å²) in [5, 5.41) is 2.96. The molecule has 0 unspecified atom stereocenters. The van der Waals surface area contributed by atoms with E-state index < -0.39 is 16.1 Å². The quantitative estimate of drug-likeness (QED) is 0.476. The Bertz CT molecular complexity index is 1090. The van der Waals surface area contributed by atoms with Gasteiger partial charge in [0.25, 0.3) is 0 Å². The van der Waals surface area contributed by atoms with Gasteiger partial charge in [0.1, 0.15) is 6.04 Å². The smallest absolute Gasteiger partial charge is 0.241 e. The van der Waals surface area contributed by atoms with Gasteiger partial charge in [0.2, 0.25) is 15.9 Å². The zero-order valence-corrected chi connectivity index (χ0v) is 19.1. The molecule has 2 atom stereocenters. The minimum Gasteiger partial charge on any atom is -0.348 e. The summed E-state index contributed by atoms with van der Waals surface area (Å²) < 4.78 is 28.3. The SMILES string of the molecule is CSc1ccc([C@@H](C)NC(=O)[C@H](Cc2ccccc2)NS(=O)(=O)c2ccccc2)cc1. The number of nitrogens with one attached hydrogen (secondary N) is 2. The lowest BCUT2D eigenvalue weighted by Crippen LogP contribution is -2.48. The summed E-state index contributed by atoms with van der Waals surface area (Å²) in [7, 11) is -3.85. The molecule has 3 aromatic carbocycles. The molecular weight excluding hydrogens is 428 g/mol. The predicted molar refractivity (Wildman–Crippen MR) is 125 cm³/mol. The fraction of sp³-hybridized carbons (Fsp3) is 0.208. The van der Waals surface area contributed by atoms with Crippen molar-refractivity contribution in [3.63, 3.8) is 0 Å². The van der Waals surface area contributed by atoms with Crippen LogP contribution in [-0.2, 0) is 21.2 Å². The fourth-order valence-corrected chi connectivity index (χ4v) is 4.81. The first kappa shape index (κ1) is 23.1. The molecule has 0 fully saturated rings. The number of benzene rings is 3. The fourth-order valence-electron chi connectivity index (χ4n) is 3.18. The number of hydrogen-bond acceptors (Lipinski definition) is 4. The Morgan fingerprint density at radius 1 is 0.903 bits per heavy atom. The first-order valence-electron chi connectivity index (χ1n) is 9.94. The molecule has 0 saturated heterocycles. The molecule has 0 radical (unpaired) electrons. The molecule has 2 N–H and O–H groups in total. The zero-order valence-electron chi connectivity index (χ0n) is 17.5. The van der Waals surface area contributed by atoms with Crippen LogP contribution in [0.4, 0.5) is 0 Å². The molecular formula is C24H26N2O3S2. The van der Waals surface area contributed by atoms with E-state index in [1.165, 1.54) is 12.1 Å². The van der Waals surface area contributed by atoms with E-state index in [0.29, 0.717) is 0 Å². The minimum atomic E-state index is -3.85. The van der Waals surface area contributed by atoms with Gasteiger partial charge in [-0.15, -0.1) is 11.8 Å². The number of rotatable bonds is 9. The zero-order chi connectivity index (χ0) is 22.3. The van der Waals surface area contributed by atoms with Crippen LogP contribution in [0.3, 0.4) is 0 Å². The minimum absolute atomic E-state index is 0.126. The van der Waals surface area contributed by atoms with Gasteiger partial charge in [0.05, 0.1) is 10.9 Å². The number of amides is 1. The molecule has 1 amide bonds. The molecule has 0 aromatic heterocycles. The van der Waals surface area contributed by atoms with Crippen LogP contribution in [0.25, 0.3) is 0 Å². The van der Waals surface area contributed by atoms with Crippen molar-refractivity contribution < 1.29 is 13.2 Å². The second kappa shape index (κ2) is 10.6. The monoisotopic (exact) mass is 454 g/mol. The van der Waals surface area contributed by atoms with Crippen LogP contribution in [0, 0.1) is 0 Å². The van der Waals surface area contributed by atoms with Crippen molar-refractivity contribution in [3.05, 3.63) is 96.1 Å². The molecule has 3 rings (SSSR count). The Morgan fingerprint density at radius 3 is 2.06 bits per heavy atom. The lowest BCUT2D eigenvalue weighted by atomic mass is 10.0. The van der Waals surface area contributed by atoms with E-state index in [1.807, 2.05) is 67.8 Å². The van der Waals surface area contributed by atoms with Crippen LogP contribution >= 0.6 is 11.8 Å². The van der Waals surface area contributed by atoms with Crippen LogP contribution in [0.2, 0.25) is 0 Å². The van der Waals surface area contributed by atoms with E-state index in [0.717, 1.165) is 16.0 Å². The summed E-state index contributed by atoms with van der Waals surface area (Å²) in [5.74, 6) is -0.371. The highest BCUT2D eigenvalue weighted by atomic mass is 32.2. The average Bonchev–Trinajstić information content (AvgIpc) is 2.79. The molecule has 0 spiro atoms. The lowest BCUT2D eigenvalue weighted by molar-refractivity contribution is -0.123. The van der Waals surface area contributed by atoms with Crippen LogP contribution in [0.5, 0.6) is 0 Å². The number of carbonyl (C=O) groups excluding carboxylic acids is 1. The van der Waals surface area contributed by atoms with Gasteiger partial charge in [-0.25, -0.2) is 8.42 Å². The van der Waals surface area contributed by atoms with E-state index >= 15 is 0 Å². The highest BCUT2D eigenvalue weighted by molar-refractivity contribution is 7.98. The standard InChI is InChI=1S/C24H26N2O3S2/c1-18(20-13-15-21(30-2)16-14-20)25-24(27)23(17-19-9-5-3-6-10-19)26-31(28,29)22-11-7-4-8-12-22/h3-16,18,23,26H,17H2,1-2H3,(H,25,27)/t18-,23+/m1/s1. The third kappa shape index (κ3) is 6.43. The van der Waals surface area contributed by atoms with Gasteiger partial charge in [-0.2, -0.15) is 4.72 Å². The summed E-state index contributed by atoms with van der Waals surface area (Å²) in [4.78, 5) is 14.4. The molecule has 3 aromatic rings.